The molecule has 2 N–H and O–H groups in total. The molecular weight excluding hydrogens is 240 g/mol. The van der Waals surface area contributed by atoms with Gasteiger partial charge in [0.15, 0.2) is 11.5 Å². The molecule has 0 unspecified atom stereocenters. The molecule has 0 fully saturated rings. The molecule has 0 heterocycles. The minimum absolute atomic E-state index is 0.172. The van der Waals surface area contributed by atoms with Crippen LogP contribution in [0.15, 0.2) is 54.6 Å². The smallest absolute Gasteiger partial charge is 0.161 e. The van der Waals surface area contributed by atoms with Crippen molar-refractivity contribution in [1.29, 1.82) is 0 Å². The highest BCUT2D eigenvalue weighted by Gasteiger charge is 1.99. The van der Waals surface area contributed by atoms with Crippen LogP contribution in [0.1, 0.15) is 12.5 Å². The zero-order valence-corrected chi connectivity index (χ0v) is 11.1. The standard InChI is InChI=1S/C10H12O2.C6H6O/c1-3-4-8-5-6-9(11)10(7-8)12-2;7-6-4-2-1-3-5-6/h3-7,11H,1-2H3;1-5,7H/b4-3+;. The molecule has 0 aliphatic rings. The average molecular weight is 258 g/mol. The Morgan fingerprint density at radius 1 is 1.00 bits per heavy atom. The first-order valence-corrected chi connectivity index (χ1v) is 5.91. The molecule has 0 saturated carbocycles. The van der Waals surface area contributed by atoms with Crippen LogP contribution in [0, 0.1) is 0 Å². The highest BCUT2D eigenvalue weighted by Crippen LogP contribution is 2.26. The van der Waals surface area contributed by atoms with E-state index in [4.69, 9.17) is 9.84 Å². The fourth-order valence-electron chi connectivity index (χ4n) is 1.42. The van der Waals surface area contributed by atoms with Gasteiger partial charge in [-0.2, -0.15) is 0 Å². The maximum absolute atomic E-state index is 9.25. The molecule has 2 aromatic carbocycles. The summed E-state index contributed by atoms with van der Waals surface area (Å²) < 4.78 is 4.95. The molecule has 0 aliphatic carbocycles. The number of hydrogen-bond acceptors (Lipinski definition) is 3. The highest BCUT2D eigenvalue weighted by molar-refractivity contribution is 5.55. The van der Waals surface area contributed by atoms with E-state index in [0.29, 0.717) is 11.5 Å². The summed E-state index contributed by atoms with van der Waals surface area (Å²) in [6, 6.07) is 14.0. The normalized spacial score (nSPS) is 9.79. The Morgan fingerprint density at radius 3 is 2.16 bits per heavy atom. The van der Waals surface area contributed by atoms with Crippen molar-refractivity contribution in [2.45, 2.75) is 6.92 Å². The fraction of sp³-hybridized carbons (Fsp3) is 0.125. The lowest BCUT2D eigenvalue weighted by molar-refractivity contribution is 0.373. The molecule has 0 saturated heterocycles. The minimum Gasteiger partial charge on any atom is -0.508 e. The van der Waals surface area contributed by atoms with Gasteiger partial charge in [0, 0.05) is 0 Å². The highest BCUT2D eigenvalue weighted by atomic mass is 16.5. The molecule has 100 valence electrons. The summed E-state index contributed by atoms with van der Waals surface area (Å²) in [6.07, 6.45) is 3.88. The molecule has 0 amide bonds. The minimum atomic E-state index is 0.172. The van der Waals surface area contributed by atoms with Crippen LogP contribution in [0.2, 0.25) is 0 Å². The summed E-state index contributed by atoms with van der Waals surface area (Å²) in [6.45, 7) is 1.94. The lowest BCUT2D eigenvalue weighted by atomic mass is 10.2. The SMILES string of the molecule is C/C=C/c1ccc(O)c(OC)c1.Oc1ccccc1. The van der Waals surface area contributed by atoms with Gasteiger partial charge in [-0.1, -0.05) is 36.4 Å². The van der Waals surface area contributed by atoms with E-state index in [1.165, 1.54) is 7.11 Å². The molecule has 0 aliphatic heterocycles. The quantitative estimate of drug-likeness (QED) is 0.860. The first-order valence-electron chi connectivity index (χ1n) is 5.91. The molecule has 19 heavy (non-hydrogen) atoms. The van der Waals surface area contributed by atoms with Crippen molar-refractivity contribution < 1.29 is 14.9 Å². The number of aromatic hydroxyl groups is 2. The monoisotopic (exact) mass is 258 g/mol. The van der Waals surface area contributed by atoms with Crippen LogP contribution in [-0.2, 0) is 0 Å². The van der Waals surface area contributed by atoms with Gasteiger partial charge >= 0.3 is 0 Å². The Labute approximate surface area is 113 Å². The van der Waals surface area contributed by atoms with E-state index in [1.54, 1.807) is 36.4 Å². The summed E-state index contributed by atoms with van der Waals surface area (Å²) in [5.74, 6) is 0.999. The van der Waals surface area contributed by atoms with Gasteiger partial charge in [-0.15, -0.1) is 0 Å². The third kappa shape index (κ3) is 5.17. The molecule has 3 nitrogen and oxygen atoms in total. The van der Waals surface area contributed by atoms with Crippen LogP contribution in [0.5, 0.6) is 17.2 Å². The summed E-state index contributed by atoms with van der Waals surface area (Å²) >= 11 is 0. The third-order valence-electron chi connectivity index (χ3n) is 2.32. The number of para-hydroxylation sites is 1. The van der Waals surface area contributed by atoms with Crippen LogP contribution in [0.3, 0.4) is 0 Å². The van der Waals surface area contributed by atoms with Crippen molar-refractivity contribution in [1.82, 2.24) is 0 Å². The molecule has 0 spiro atoms. The van der Waals surface area contributed by atoms with Gasteiger partial charge in [-0.25, -0.2) is 0 Å². The Morgan fingerprint density at radius 2 is 1.68 bits per heavy atom. The predicted molar refractivity (Wildman–Crippen MR) is 77.5 cm³/mol. The summed E-state index contributed by atoms with van der Waals surface area (Å²) in [4.78, 5) is 0. The lowest BCUT2D eigenvalue weighted by Gasteiger charge is -2.03. The predicted octanol–water partition coefficient (Wildman–Crippen LogP) is 3.83. The van der Waals surface area contributed by atoms with Crippen molar-refractivity contribution in [2.24, 2.45) is 0 Å². The van der Waals surface area contributed by atoms with Crippen LogP contribution in [-0.4, -0.2) is 17.3 Å². The molecule has 0 radical (unpaired) electrons. The van der Waals surface area contributed by atoms with Crippen molar-refractivity contribution in [2.75, 3.05) is 7.11 Å². The van der Waals surface area contributed by atoms with E-state index in [0.717, 1.165) is 5.56 Å². The van der Waals surface area contributed by atoms with Crippen molar-refractivity contribution in [3.63, 3.8) is 0 Å². The number of phenolic OH excluding ortho intramolecular Hbond substituents is 2. The van der Waals surface area contributed by atoms with E-state index >= 15 is 0 Å². The Balaban J connectivity index is 0.000000218. The number of rotatable bonds is 2. The summed E-state index contributed by atoms with van der Waals surface area (Å²) in [5.41, 5.74) is 1.02. The van der Waals surface area contributed by atoms with Gasteiger partial charge in [-0.05, 0) is 36.8 Å². The topological polar surface area (TPSA) is 49.7 Å². The summed E-state index contributed by atoms with van der Waals surface area (Å²) in [7, 11) is 1.54. The van der Waals surface area contributed by atoms with E-state index < -0.39 is 0 Å². The Hall–Kier alpha value is -2.42. The lowest BCUT2D eigenvalue weighted by Crippen LogP contribution is -1.83. The van der Waals surface area contributed by atoms with E-state index in [-0.39, 0.29) is 5.75 Å². The second-order valence-corrected chi connectivity index (χ2v) is 3.77. The Bertz CT molecular complexity index is 519. The van der Waals surface area contributed by atoms with Crippen molar-refractivity contribution in [3.8, 4) is 17.2 Å². The number of phenols is 2. The molecule has 2 rings (SSSR count). The van der Waals surface area contributed by atoms with Crippen molar-refractivity contribution >= 4 is 6.08 Å². The molecule has 0 aromatic heterocycles. The van der Waals surface area contributed by atoms with E-state index in [2.05, 4.69) is 0 Å². The maximum Gasteiger partial charge on any atom is 0.161 e. The van der Waals surface area contributed by atoms with Crippen molar-refractivity contribution in [3.05, 3.63) is 60.2 Å². The number of allylic oxidation sites excluding steroid dienone is 1. The van der Waals surface area contributed by atoms with Gasteiger partial charge in [-0.3, -0.25) is 0 Å². The van der Waals surface area contributed by atoms with Gasteiger partial charge in [0.2, 0.25) is 0 Å². The van der Waals surface area contributed by atoms with Crippen LogP contribution >= 0.6 is 0 Å². The second kappa shape index (κ2) is 7.82. The molecule has 3 heteroatoms. The van der Waals surface area contributed by atoms with Gasteiger partial charge in [0.1, 0.15) is 5.75 Å². The molecule has 0 bridgehead atoms. The number of hydrogen-bond donors (Lipinski definition) is 2. The van der Waals surface area contributed by atoms with Gasteiger partial charge < -0.3 is 14.9 Å². The zero-order chi connectivity index (χ0) is 14.1. The largest absolute Gasteiger partial charge is 0.508 e. The van der Waals surface area contributed by atoms with E-state index in [1.807, 2.05) is 31.2 Å². The summed E-state index contributed by atoms with van der Waals surface area (Å²) in [5, 5.41) is 17.9. The molecular formula is C16H18O3. The van der Waals surface area contributed by atoms with E-state index in [9.17, 15) is 5.11 Å². The second-order valence-electron chi connectivity index (χ2n) is 3.77. The maximum atomic E-state index is 9.25. The molecule has 2 aromatic rings. The first kappa shape index (κ1) is 14.6. The van der Waals surface area contributed by atoms with Crippen LogP contribution in [0.4, 0.5) is 0 Å². The van der Waals surface area contributed by atoms with Gasteiger partial charge in [0.05, 0.1) is 7.11 Å². The number of benzene rings is 2. The van der Waals surface area contributed by atoms with Crippen LogP contribution in [0.25, 0.3) is 6.08 Å². The first-order chi connectivity index (χ1) is 9.17. The Kier molecular flexibility index (Phi) is 6.03. The number of ether oxygens (including phenoxy) is 1. The fourth-order valence-corrected chi connectivity index (χ4v) is 1.42. The van der Waals surface area contributed by atoms with Crippen LogP contribution < -0.4 is 4.74 Å². The molecule has 0 atom stereocenters. The average Bonchev–Trinajstić information content (AvgIpc) is 2.43. The number of methoxy groups -OCH3 is 1. The third-order valence-corrected chi connectivity index (χ3v) is 2.32. The van der Waals surface area contributed by atoms with Gasteiger partial charge in [0.25, 0.3) is 0 Å². The zero-order valence-electron chi connectivity index (χ0n) is 11.1.